The smallest absolute Gasteiger partial charge is 0.226 e. The summed E-state index contributed by atoms with van der Waals surface area (Å²) in [4.78, 5) is 23.6. The summed E-state index contributed by atoms with van der Waals surface area (Å²) >= 11 is 1.48. The molecule has 8 heteroatoms. The number of anilines is 1. The predicted molar refractivity (Wildman–Crippen MR) is 117 cm³/mol. The van der Waals surface area contributed by atoms with Crippen molar-refractivity contribution in [2.45, 2.75) is 45.9 Å². The number of rotatable bonds is 6. The molecule has 2 atom stereocenters. The quantitative estimate of drug-likeness (QED) is 0.649. The molecule has 4 rings (SSSR count). The molecule has 3 aromatic rings. The van der Waals surface area contributed by atoms with Crippen LogP contribution in [-0.2, 0) is 22.5 Å². The third-order valence-electron chi connectivity index (χ3n) is 4.89. The van der Waals surface area contributed by atoms with Crippen LogP contribution in [0.25, 0.3) is 10.8 Å². The number of nitrogens with zero attached hydrogens (tertiary/aromatic N) is 3. The fourth-order valence-electron chi connectivity index (χ4n) is 3.55. The maximum Gasteiger partial charge on any atom is 0.226 e. The highest BCUT2D eigenvalue weighted by Gasteiger charge is 2.23. The summed E-state index contributed by atoms with van der Waals surface area (Å²) in [5.41, 5.74) is 1.71. The topological polar surface area (TPSA) is 80.5 Å². The van der Waals surface area contributed by atoms with Gasteiger partial charge in [0.15, 0.2) is 10.8 Å². The minimum absolute atomic E-state index is 0.0672. The van der Waals surface area contributed by atoms with E-state index >= 15 is 0 Å². The molecule has 30 heavy (non-hydrogen) atoms. The summed E-state index contributed by atoms with van der Waals surface area (Å²) in [6.45, 7) is 8.16. The van der Waals surface area contributed by atoms with E-state index < -0.39 is 0 Å². The third-order valence-corrected chi connectivity index (χ3v) is 5.79. The highest BCUT2D eigenvalue weighted by atomic mass is 32.1. The van der Waals surface area contributed by atoms with Gasteiger partial charge >= 0.3 is 0 Å². The van der Waals surface area contributed by atoms with Crippen molar-refractivity contribution in [2.24, 2.45) is 0 Å². The number of aromatic nitrogens is 2. The number of nitrogens with one attached hydrogen (secondary N) is 1. The Morgan fingerprint density at radius 2 is 2.03 bits per heavy atom. The lowest BCUT2D eigenvalue weighted by molar-refractivity contribution is -0.120. The Labute approximate surface area is 180 Å². The molecule has 4 heterocycles. The maximum atomic E-state index is 12.3. The number of carbonyl (C=O) groups is 1. The van der Waals surface area contributed by atoms with E-state index in [0.717, 1.165) is 46.7 Å². The van der Waals surface area contributed by atoms with Gasteiger partial charge in [0, 0.05) is 31.2 Å². The number of hydrogen-bond donors (Lipinski definition) is 1. The van der Waals surface area contributed by atoms with Gasteiger partial charge in [-0.2, -0.15) is 0 Å². The van der Waals surface area contributed by atoms with Crippen LogP contribution < -0.4 is 10.2 Å². The van der Waals surface area contributed by atoms with Crippen LogP contribution in [0.5, 0.6) is 0 Å². The van der Waals surface area contributed by atoms with Crippen LogP contribution in [-0.4, -0.2) is 41.2 Å². The highest BCUT2D eigenvalue weighted by Crippen LogP contribution is 2.25. The standard InChI is InChI=1S/C22H26N4O3S/c1-14-4-6-19(29-14)22-25-18(13-30-22)8-21(27)24-10-17-5-7-20(23-9-17)26-11-15(2)28-16(3)12-26/h4-7,9,13,15-16H,8,10-12H2,1-3H3,(H,24,27). The fraction of sp³-hybridized carbons (Fsp3) is 0.409. The minimum Gasteiger partial charge on any atom is -0.459 e. The average Bonchev–Trinajstić information content (AvgIpc) is 3.35. The number of hydrogen-bond acceptors (Lipinski definition) is 7. The van der Waals surface area contributed by atoms with E-state index in [1.165, 1.54) is 11.3 Å². The first-order valence-electron chi connectivity index (χ1n) is 10.1. The zero-order valence-electron chi connectivity index (χ0n) is 17.4. The van der Waals surface area contributed by atoms with Crippen LogP contribution in [0.15, 0.2) is 40.3 Å². The lowest BCUT2D eigenvalue weighted by Crippen LogP contribution is -2.45. The van der Waals surface area contributed by atoms with Gasteiger partial charge in [0.05, 0.1) is 24.3 Å². The number of amides is 1. The summed E-state index contributed by atoms with van der Waals surface area (Å²) < 4.78 is 11.4. The van der Waals surface area contributed by atoms with Crippen molar-refractivity contribution < 1.29 is 13.9 Å². The Morgan fingerprint density at radius 3 is 2.70 bits per heavy atom. The van der Waals surface area contributed by atoms with E-state index in [1.54, 1.807) is 0 Å². The minimum atomic E-state index is -0.0672. The molecule has 0 saturated carbocycles. The van der Waals surface area contributed by atoms with Crippen molar-refractivity contribution in [1.29, 1.82) is 0 Å². The molecule has 1 amide bonds. The van der Waals surface area contributed by atoms with E-state index in [2.05, 4.69) is 34.0 Å². The zero-order chi connectivity index (χ0) is 21.1. The van der Waals surface area contributed by atoms with Gasteiger partial charge in [0.1, 0.15) is 11.6 Å². The second-order valence-electron chi connectivity index (χ2n) is 7.69. The molecule has 1 saturated heterocycles. The van der Waals surface area contributed by atoms with Gasteiger partial charge in [-0.15, -0.1) is 11.3 Å². The molecule has 0 radical (unpaired) electrons. The zero-order valence-corrected chi connectivity index (χ0v) is 18.2. The van der Waals surface area contributed by atoms with E-state index in [4.69, 9.17) is 9.15 Å². The lowest BCUT2D eigenvalue weighted by Gasteiger charge is -2.36. The Morgan fingerprint density at radius 1 is 1.23 bits per heavy atom. The number of aryl methyl sites for hydroxylation is 1. The Hall–Kier alpha value is -2.71. The van der Waals surface area contributed by atoms with Gasteiger partial charge in [0.25, 0.3) is 0 Å². The molecule has 2 unspecified atom stereocenters. The number of ether oxygens (including phenoxy) is 1. The van der Waals surface area contributed by atoms with E-state index in [-0.39, 0.29) is 24.5 Å². The number of carbonyl (C=O) groups excluding carboxylic acids is 1. The van der Waals surface area contributed by atoms with Crippen molar-refractivity contribution in [3.63, 3.8) is 0 Å². The number of morpholine rings is 1. The molecule has 0 aromatic carbocycles. The summed E-state index contributed by atoms with van der Waals surface area (Å²) in [5, 5.41) is 5.63. The Kier molecular flexibility index (Phi) is 6.15. The molecule has 7 nitrogen and oxygen atoms in total. The molecular weight excluding hydrogens is 400 g/mol. The van der Waals surface area contributed by atoms with Crippen LogP contribution >= 0.6 is 11.3 Å². The molecule has 1 N–H and O–H groups in total. The monoisotopic (exact) mass is 426 g/mol. The first kappa shape index (κ1) is 20.6. The van der Waals surface area contributed by atoms with Crippen LogP contribution in [0.4, 0.5) is 5.82 Å². The maximum absolute atomic E-state index is 12.3. The van der Waals surface area contributed by atoms with E-state index in [1.807, 2.05) is 42.8 Å². The molecule has 0 spiro atoms. The normalized spacial score (nSPS) is 19.1. The van der Waals surface area contributed by atoms with Crippen molar-refractivity contribution >= 4 is 23.1 Å². The second-order valence-corrected chi connectivity index (χ2v) is 8.55. The van der Waals surface area contributed by atoms with Crippen LogP contribution in [0.2, 0.25) is 0 Å². The van der Waals surface area contributed by atoms with Crippen molar-refractivity contribution in [3.05, 3.63) is 52.9 Å². The van der Waals surface area contributed by atoms with Gasteiger partial charge in [0.2, 0.25) is 5.91 Å². The first-order valence-corrected chi connectivity index (χ1v) is 11.0. The van der Waals surface area contributed by atoms with Crippen LogP contribution in [0.1, 0.15) is 30.9 Å². The highest BCUT2D eigenvalue weighted by molar-refractivity contribution is 7.13. The summed E-state index contributed by atoms with van der Waals surface area (Å²) in [6.07, 6.45) is 2.45. The number of thiazole rings is 1. The number of pyridine rings is 1. The Balaban J connectivity index is 1.28. The van der Waals surface area contributed by atoms with Crippen molar-refractivity contribution in [3.8, 4) is 10.8 Å². The first-order chi connectivity index (χ1) is 14.5. The summed E-state index contributed by atoms with van der Waals surface area (Å²) in [7, 11) is 0. The number of furan rings is 1. The molecule has 3 aromatic heterocycles. The van der Waals surface area contributed by atoms with E-state index in [9.17, 15) is 4.79 Å². The third kappa shape index (κ3) is 5.06. The van der Waals surface area contributed by atoms with Crippen molar-refractivity contribution in [1.82, 2.24) is 15.3 Å². The fourth-order valence-corrected chi connectivity index (χ4v) is 4.33. The summed E-state index contributed by atoms with van der Waals surface area (Å²) in [5.74, 6) is 2.45. The lowest BCUT2D eigenvalue weighted by atomic mass is 10.2. The largest absolute Gasteiger partial charge is 0.459 e. The molecule has 0 aliphatic carbocycles. The van der Waals surface area contributed by atoms with E-state index in [0.29, 0.717) is 6.54 Å². The van der Waals surface area contributed by atoms with Gasteiger partial charge in [-0.25, -0.2) is 9.97 Å². The predicted octanol–water partition coefficient (Wildman–Crippen LogP) is 3.58. The molecule has 1 fully saturated rings. The van der Waals surface area contributed by atoms with Crippen LogP contribution in [0.3, 0.4) is 0 Å². The second kappa shape index (κ2) is 8.97. The molecule has 1 aliphatic heterocycles. The van der Waals surface area contributed by atoms with Gasteiger partial charge in [-0.3, -0.25) is 4.79 Å². The molecule has 0 bridgehead atoms. The molecule has 1 aliphatic rings. The summed E-state index contributed by atoms with van der Waals surface area (Å²) in [6, 6.07) is 7.81. The molecule has 158 valence electrons. The average molecular weight is 427 g/mol. The Bertz CT molecular complexity index is 988. The van der Waals surface area contributed by atoms with Gasteiger partial charge in [-0.1, -0.05) is 6.07 Å². The van der Waals surface area contributed by atoms with Crippen LogP contribution in [0, 0.1) is 6.92 Å². The molecular formula is C22H26N4O3S. The van der Waals surface area contributed by atoms with Gasteiger partial charge in [-0.05, 0) is 44.5 Å². The van der Waals surface area contributed by atoms with Crippen molar-refractivity contribution in [2.75, 3.05) is 18.0 Å². The van der Waals surface area contributed by atoms with Gasteiger partial charge < -0.3 is 19.4 Å². The SMILES string of the molecule is Cc1ccc(-c2nc(CC(=O)NCc3ccc(N4CC(C)OC(C)C4)nc3)cs2)o1.